The average molecular weight is 437 g/mol. The van der Waals surface area contributed by atoms with Crippen molar-refractivity contribution in [3.8, 4) is 5.75 Å². The Kier molecular flexibility index (Phi) is 7.35. The highest BCUT2D eigenvalue weighted by atomic mass is 19.1. The Morgan fingerprint density at radius 1 is 1.00 bits per heavy atom. The molecule has 3 aromatic rings. The molecule has 0 aliphatic carbocycles. The lowest BCUT2D eigenvalue weighted by atomic mass is 10.0. The number of rotatable bonds is 9. The van der Waals surface area contributed by atoms with E-state index in [1.54, 1.807) is 29.0 Å². The summed E-state index contributed by atoms with van der Waals surface area (Å²) >= 11 is 0. The molecule has 168 valence electrons. The Hall–Kier alpha value is -2.96. The molecule has 1 aliphatic rings. The van der Waals surface area contributed by atoms with Crippen LogP contribution in [-0.2, 0) is 19.6 Å². The second-order valence-electron chi connectivity index (χ2n) is 8.22. The molecule has 2 aromatic carbocycles. The molecule has 1 N–H and O–H groups in total. The van der Waals surface area contributed by atoms with Gasteiger partial charge in [0.25, 0.3) is 5.56 Å². The van der Waals surface area contributed by atoms with Crippen molar-refractivity contribution in [3.05, 3.63) is 99.7 Å². The van der Waals surface area contributed by atoms with E-state index in [9.17, 15) is 14.3 Å². The molecule has 1 fully saturated rings. The first kappa shape index (κ1) is 22.2. The number of aryl methyl sites for hydroxylation is 2. The Morgan fingerprint density at radius 3 is 2.47 bits per heavy atom. The van der Waals surface area contributed by atoms with Crippen molar-refractivity contribution >= 4 is 0 Å². The summed E-state index contributed by atoms with van der Waals surface area (Å²) in [5.41, 5.74) is 3.21. The predicted octanol–water partition coefficient (Wildman–Crippen LogP) is 3.94. The Labute approximate surface area is 187 Å². The van der Waals surface area contributed by atoms with Gasteiger partial charge in [0.05, 0.1) is 6.61 Å². The van der Waals surface area contributed by atoms with Gasteiger partial charge in [-0.2, -0.15) is 0 Å². The molecule has 4 rings (SSSR count). The van der Waals surface area contributed by atoms with Crippen LogP contribution in [0.5, 0.6) is 5.75 Å². The normalized spacial score (nSPS) is 16.4. The number of hydrogen-bond donors (Lipinski definition) is 1. The maximum atomic E-state index is 13.0. The van der Waals surface area contributed by atoms with Gasteiger partial charge in [-0.1, -0.05) is 36.4 Å². The van der Waals surface area contributed by atoms with E-state index in [1.165, 1.54) is 35.7 Å². The van der Waals surface area contributed by atoms with Crippen LogP contribution in [-0.4, -0.2) is 34.3 Å². The largest absolute Gasteiger partial charge is 0.489 e. The molecule has 0 amide bonds. The molecule has 1 aliphatic heterocycles. The molecule has 6 heteroatoms. The molecule has 5 nitrogen and oxygen atoms in total. The topological polar surface area (TPSA) is 54.7 Å². The highest BCUT2D eigenvalue weighted by Crippen LogP contribution is 2.31. The molecule has 0 spiro atoms. The van der Waals surface area contributed by atoms with Crippen LogP contribution in [0.25, 0.3) is 0 Å². The van der Waals surface area contributed by atoms with Gasteiger partial charge >= 0.3 is 0 Å². The third-order valence-electron chi connectivity index (χ3n) is 6.04. The summed E-state index contributed by atoms with van der Waals surface area (Å²) in [4.78, 5) is 14.8. The number of nitrogens with zero attached hydrogens (tertiary/aromatic N) is 2. The van der Waals surface area contributed by atoms with E-state index in [4.69, 9.17) is 4.74 Å². The van der Waals surface area contributed by atoms with Crippen LogP contribution in [0.4, 0.5) is 4.39 Å². The van der Waals surface area contributed by atoms with Crippen molar-refractivity contribution in [2.45, 2.75) is 38.5 Å². The number of hydrogen-bond acceptors (Lipinski definition) is 4. The summed E-state index contributed by atoms with van der Waals surface area (Å²) in [5.74, 6) is 0.220. The minimum Gasteiger partial charge on any atom is -0.489 e. The average Bonchev–Trinajstić information content (AvgIpc) is 3.27. The van der Waals surface area contributed by atoms with E-state index >= 15 is 0 Å². The van der Waals surface area contributed by atoms with Crippen molar-refractivity contribution in [3.63, 3.8) is 0 Å². The lowest BCUT2D eigenvalue weighted by molar-refractivity contribution is 0.185. The quantitative estimate of drug-likeness (QED) is 0.552. The fourth-order valence-corrected chi connectivity index (χ4v) is 4.27. The van der Waals surface area contributed by atoms with Gasteiger partial charge in [0.15, 0.2) is 0 Å². The molecule has 32 heavy (non-hydrogen) atoms. The third kappa shape index (κ3) is 5.64. The van der Waals surface area contributed by atoms with Crippen LogP contribution in [0.3, 0.4) is 0 Å². The van der Waals surface area contributed by atoms with Crippen molar-refractivity contribution in [1.29, 1.82) is 0 Å². The monoisotopic (exact) mass is 436 g/mol. The Bertz CT molecular complexity index is 1060. The van der Waals surface area contributed by atoms with Gasteiger partial charge in [-0.3, -0.25) is 9.69 Å². The van der Waals surface area contributed by atoms with Gasteiger partial charge in [-0.05, 0) is 60.7 Å². The predicted molar refractivity (Wildman–Crippen MR) is 122 cm³/mol. The van der Waals surface area contributed by atoms with E-state index in [-0.39, 0.29) is 24.6 Å². The number of likely N-dealkylation sites (tertiary alicyclic amines) is 1. The second kappa shape index (κ2) is 10.6. The van der Waals surface area contributed by atoms with E-state index in [1.807, 2.05) is 0 Å². The van der Waals surface area contributed by atoms with Crippen LogP contribution in [0, 0.1) is 5.82 Å². The van der Waals surface area contributed by atoms with Crippen LogP contribution in [0.1, 0.15) is 35.6 Å². The first-order valence-corrected chi connectivity index (χ1v) is 11.1. The van der Waals surface area contributed by atoms with Crippen LogP contribution in [0.2, 0.25) is 0 Å². The van der Waals surface area contributed by atoms with Gasteiger partial charge in [-0.15, -0.1) is 0 Å². The zero-order chi connectivity index (χ0) is 22.3. The summed E-state index contributed by atoms with van der Waals surface area (Å²) < 4.78 is 20.3. The minimum atomic E-state index is -0.284. The second-order valence-corrected chi connectivity index (χ2v) is 8.22. The Balaban J connectivity index is 1.31. The van der Waals surface area contributed by atoms with Gasteiger partial charge in [0.2, 0.25) is 0 Å². The molecule has 0 bridgehead atoms. The molecule has 0 saturated carbocycles. The lowest BCUT2D eigenvalue weighted by Crippen LogP contribution is -2.26. The number of aliphatic hydroxyl groups is 1. The van der Waals surface area contributed by atoms with E-state index < -0.39 is 0 Å². The van der Waals surface area contributed by atoms with E-state index in [0.717, 1.165) is 31.5 Å². The molecule has 2 heterocycles. The zero-order valence-electron chi connectivity index (χ0n) is 18.1. The van der Waals surface area contributed by atoms with Crippen molar-refractivity contribution in [2.75, 3.05) is 19.7 Å². The molecular formula is C26H29FN2O3. The number of ether oxygens (including phenoxy) is 1. The molecular weight excluding hydrogens is 407 g/mol. The number of benzene rings is 2. The summed E-state index contributed by atoms with van der Waals surface area (Å²) in [6.07, 6.45) is 4.81. The number of β-amino-alcohol motifs (C(OH)–C–C–N with tert-alkyl or cyclic N) is 1. The zero-order valence-corrected chi connectivity index (χ0v) is 18.1. The first-order valence-electron chi connectivity index (χ1n) is 11.1. The summed E-state index contributed by atoms with van der Waals surface area (Å²) in [6.45, 7) is 2.83. The van der Waals surface area contributed by atoms with Crippen molar-refractivity contribution < 1.29 is 14.2 Å². The number of aromatic nitrogens is 1. The third-order valence-corrected chi connectivity index (χ3v) is 6.04. The highest BCUT2D eigenvalue weighted by Gasteiger charge is 2.25. The highest BCUT2D eigenvalue weighted by molar-refractivity contribution is 5.26. The van der Waals surface area contributed by atoms with E-state index in [0.29, 0.717) is 18.3 Å². The molecule has 1 saturated heterocycles. The maximum Gasteiger partial charge on any atom is 0.254 e. The van der Waals surface area contributed by atoms with Crippen LogP contribution in [0.15, 0.2) is 71.7 Å². The van der Waals surface area contributed by atoms with Crippen molar-refractivity contribution in [1.82, 2.24) is 9.47 Å². The standard InChI is InChI=1S/C26H29FN2O3/c27-23-9-5-21(6-10-23)19-32-24-12-15-29(26(31)18-24)14-11-20-3-7-22(8-4-20)25-2-1-13-28(25)16-17-30/h3-10,12,15,18,25,30H,1-2,11,13-14,16-17,19H2. The maximum absolute atomic E-state index is 13.0. The summed E-state index contributed by atoms with van der Waals surface area (Å²) in [5, 5.41) is 9.25. The van der Waals surface area contributed by atoms with Gasteiger partial charge < -0.3 is 14.4 Å². The number of pyridine rings is 1. The van der Waals surface area contributed by atoms with Crippen LogP contribution >= 0.6 is 0 Å². The Morgan fingerprint density at radius 2 is 1.75 bits per heavy atom. The summed E-state index contributed by atoms with van der Waals surface area (Å²) in [6, 6.07) is 18.4. The molecule has 1 unspecified atom stereocenters. The SMILES string of the molecule is O=c1cc(OCc2ccc(F)cc2)ccn1CCc1ccc(C2CCCN2CCO)cc1. The molecule has 1 aromatic heterocycles. The number of aliphatic hydroxyl groups excluding tert-OH is 1. The minimum absolute atomic E-state index is 0.108. The molecule has 1 atom stereocenters. The number of halogens is 1. The fourth-order valence-electron chi connectivity index (χ4n) is 4.27. The van der Waals surface area contributed by atoms with Gasteiger partial charge in [-0.25, -0.2) is 4.39 Å². The van der Waals surface area contributed by atoms with Crippen LogP contribution < -0.4 is 10.3 Å². The van der Waals surface area contributed by atoms with Crippen molar-refractivity contribution in [2.24, 2.45) is 0 Å². The van der Waals surface area contributed by atoms with E-state index in [2.05, 4.69) is 29.2 Å². The lowest BCUT2D eigenvalue weighted by Gasteiger charge is -2.24. The summed E-state index contributed by atoms with van der Waals surface area (Å²) in [7, 11) is 0. The smallest absolute Gasteiger partial charge is 0.254 e. The molecule has 0 radical (unpaired) electrons. The van der Waals surface area contributed by atoms with Gasteiger partial charge in [0, 0.05) is 31.4 Å². The first-order chi connectivity index (χ1) is 15.6. The fraction of sp³-hybridized carbons (Fsp3) is 0.346. The van der Waals surface area contributed by atoms with Gasteiger partial charge in [0.1, 0.15) is 18.2 Å².